The summed E-state index contributed by atoms with van der Waals surface area (Å²) < 4.78 is 0. The van der Waals surface area contributed by atoms with Crippen LogP contribution in [0.15, 0.2) is 18.3 Å². The van der Waals surface area contributed by atoms with Gasteiger partial charge in [0.2, 0.25) is 5.91 Å². The number of hydrogen-bond donors (Lipinski definition) is 2. The molecule has 3 N–H and O–H groups in total. The zero-order valence-electron chi connectivity index (χ0n) is 11.6. The molecule has 1 saturated heterocycles. The quantitative estimate of drug-likeness (QED) is 0.849. The first-order valence-corrected chi connectivity index (χ1v) is 6.80. The number of rotatable bonds is 4. The molecule has 1 fully saturated rings. The van der Waals surface area contributed by atoms with Crippen molar-refractivity contribution < 1.29 is 4.79 Å². The van der Waals surface area contributed by atoms with Crippen LogP contribution in [0.4, 0.5) is 5.82 Å². The number of hydrogen-bond acceptors (Lipinski definition) is 4. The maximum atomic E-state index is 11.0. The molecule has 1 aromatic heterocycles. The number of primary amides is 1. The molecule has 1 aromatic rings. The fraction of sp³-hybridized carbons (Fsp3) is 0.571. The molecular weight excluding hydrogens is 240 g/mol. The average Bonchev–Trinajstić information content (AvgIpc) is 2.46. The zero-order valence-corrected chi connectivity index (χ0v) is 11.6. The maximum Gasteiger partial charge on any atom is 0.250 e. The molecular formula is C14H22N4O. The number of piperidine rings is 1. The van der Waals surface area contributed by atoms with Crippen molar-refractivity contribution in [1.82, 2.24) is 10.3 Å². The Balaban J connectivity index is 1.96. The van der Waals surface area contributed by atoms with Crippen LogP contribution in [0, 0.1) is 5.92 Å². The standard InChI is InChI=1S/C14H22N4O/c1-10(16-2)11-5-7-18(8-6-11)13-4-3-12(9-17-13)14(15)19/h3-4,9-11,16H,5-8H2,1-2H3,(H2,15,19). The molecule has 0 saturated carbocycles. The Labute approximate surface area is 114 Å². The van der Waals surface area contributed by atoms with Crippen LogP contribution in [0.2, 0.25) is 0 Å². The minimum absolute atomic E-state index is 0.430. The minimum Gasteiger partial charge on any atom is -0.366 e. The van der Waals surface area contributed by atoms with Crippen LogP contribution in [0.1, 0.15) is 30.1 Å². The number of nitrogens with two attached hydrogens (primary N) is 1. The smallest absolute Gasteiger partial charge is 0.250 e. The molecule has 19 heavy (non-hydrogen) atoms. The largest absolute Gasteiger partial charge is 0.366 e. The van der Waals surface area contributed by atoms with Crippen LogP contribution >= 0.6 is 0 Å². The molecule has 2 heterocycles. The van der Waals surface area contributed by atoms with Crippen LogP contribution in [0.3, 0.4) is 0 Å². The van der Waals surface area contributed by atoms with E-state index in [0.29, 0.717) is 11.6 Å². The first-order chi connectivity index (χ1) is 9.11. The summed E-state index contributed by atoms with van der Waals surface area (Å²) in [5, 5.41) is 3.32. The highest BCUT2D eigenvalue weighted by atomic mass is 16.1. The molecule has 1 aliphatic rings. The Morgan fingerprint density at radius 1 is 1.47 bits per heavy atom. The molecule has 2 rings (SSSR count). The highest BCUT2D eigenvalue weighted by Crippen LogP contribution is 2.23. The van der Waals surface area contributed by atoms with Crippen LogP contribution in [-0.4, -0.2) is 37.1 Å². The first-order valence-electron chi connectivity index (χ1n) is 6.80. The van der Waals surface area contributed by atoms with Crippen molar-refractivity contribution in [3.63, 3.8) is 0 Å². The maximum absolute atomic E-state index is 11.0. The van der Waals surface area contributed by atoms with Gasteiger partial charge < -0.3 is 16.0 Å². The van der Waals surface area contributed by atoms with Crippen molar-refractivity contribution in [3.05, 3.63) is 23.9 Å². The molecule has 0 aliphatic carbocycles. The van der Waals surface area contributed by atoms with Gasteiger partial charge in [-0.2, -0.15) is 0 Å². The van der Waals surface area contributed by atoms with E-state index in [1.807, 2.05) is 13.1 Å². The van der Waals surface area contributed by atoms with Crippen molar-refractivity contribution in [2.45, 2.75) is 25.8 Å². The number of nitrogens with zero attached hydrogens (tertiary/aromatic N) is 2. The van der Waals surface area contributed by atoms with E-state index in [1.165, 1.54) is 12.8 Å². The zero-order chi connectivity index (χ0) is 13.8. The van der Waals surface area contributed by atoms with Gasteiger partial charge in [-0.05, 0) is 44.9 Å². The van der Waals surface area contributed by atoms with Crippen molar-refractivity contribution in [2.75, 3.05) is 25.0 Å². The molecule has 1 atom stereocenters. The Morgan fingerprint density at radius 2 is 2.16 bits per heavy atom. The number of carbonyl (C=O) groups excluding carboxylic acids is 1. The van der Waals surface area contributed by atoms with Gasteiger partial charge in [0.15, 0.2) is 0 Å². The lowest BCUT2D eigenvalue weighted by Crippen LogP contribution is -2.41. The molecule has 5 heteroatoms. The second kappa shape index (κ2) is 6.02. The van der Waals surface area contributed by atoms with Crippen LogP contribution < -0.4 is 16.0 Å². The van der Waals surface area contributed by atoms with E-state index in [1.54, 1.807) is 12.3 Å². The second-order valence-electron chi connectivity index (χ2n) is 5.17. The molecule has 1 amide bonds. The second-order valence-corrected chi connectivity index (χ2v) is 5.17. The summed E-state index contributed by atoms with van der Waals surface area (Å²) in [6, 6.07) is 4.18. The predicted octanol–water partition coefficient (Wildman–Crippen LogP) is 1.00. The molecule has 1 unspecified atom stereocenters. The summed E-state index contributed by atoms with van der Waals surface area (Å²) in [5.41, 5.74) is 5.67. The molecule has 0 aromatic carbocycles. The molecule has 0 radical (unpaired) electrons. The summed E-state index contributed by atoms with van der Waals surface area (Å²) in [6.07, 6.45) is 3.89. The van der Waals surface area contributed by atoms with Crippen molar-refractivity contribution >= 4 is 11.7 Å². The summed E-state index contributed by atoms with van der Waals surface area (Å²) in [5.74, 6) is 1.23. The number of pyridine rings is 1. The highest BCUT2D eigenvalue weighted by Gasteiger charge is 2.23. The third-order valence-electron chi connectivity index (χ3n) is 4.06. The Hall–Kier alpha value is -1.62. The van der Waals surface area contributed by atoms with E-state index >= 15 is 0 Å². The molecule has 0 bridgehead atoms. The third kappa shape index (κ3) is 3.23. The lowest BCUT2D eigenvalue weighted by molar-refractivity contribution is 0.1000. The van der Waals surface area contributed by atoms with Crippen LogP contribution in [-0.2, 0) is 0 Å². The normalized spacial score (nSPS) is 18.3. The highest BCUT2D eigenvalue weighted by molar-refractivity contribution is 5.92. The van der Waals surface area contributed by atoms with Crippen LogP contribution in [0.5, 0.6) is 0 Å². The number of amides is 1. The number of nitrogens with one attached hydrogen (secondary N) is 1. The van der Waals surface area contributed by atoms with Crippen molar-refractivity contribution in [2.24, 2.45) is 11.7 Å². The van der Waals surface area contributed by atoms with Crippen molar-refractivity contribution in [1.29, 1.82) is 0 Å². The van der Waals surface area contributed by atoms with Crippen LogP contribution in [0.25, 0.3) is 0 Å². The first kappa shape index (κ1) is 13.8. The number of anilines is 1. The lowest BCUT2D eigenvalue weighted by Gasteiger charge is -2.35. The summed E-state index contributed by atoms with van der Waals surface area (Å²) in [6.45, 7) is 4.26. The summed E-state index contributed by atoms with van der Waals surface area (Å²) >= 11 is 0. The molecule has 0 spiro atoms. The van der Waals surface area contributed by atoms with E-state index in [2.05, 4.69) is 22.1 Å². The molecule has 1 aliphatic heterocycles. The van der Waals surface area contributed by atoms with Gasteiger partial charge in [-0.25, -0.2) is 4.98 Å². The number of carbonyl (C=O) groups is 1. The van der Waals surface area contributed by atoms with Gasteiger partial charge in [0.1, 0.15) is 5.82 Å². The fourth-order valence-corrected chi connectivity index (χ4v) is 2.58. The van der Waals surface area contributed by atoms with E-state index < -0.39 is 5.91 Å². The SMILES string of the molecule is CNC(C)C1CCN(c2ccc(C(N)=O)cn2)CC1. The van der Waals surface area contributed by atoms with Gasteiger partial charge >= 0.3 is 0 Å². The van der Waals surface area contributed by atoms with Gasteiger partial charge in [0.25, 0.3) is 0 Å². The summed E-state index contributed by atoms with van der Waals surface area (Å²) in [4.78, 5) is 17.6. The Morgan fingerprint density at radius 3 is 2.63 bits per heavy atom. The average molecular weight is 262 g/mol. The summed E-state index contributed by atoms with van der Waals surface area (Å²) in [7, 11) is 2.02. The fourth-order valence-electron chi connectivity index (χ4n) is 2.58. The minimum atomic E-state index is -0.430. The van der Waals surface area contributed by atoms with Gasteiger partial charge in [-0.15, -0.1) is 0 Å². The molecule has 5 nitrogen and oxygen atoms in total. The van der Waals surface area contributed by atoms with Gasteiger partial charge in [-0.1, -0.05) is 0 Å². The van der Waals surface area contributed by atoms with Gasteiger partial charge in [0, 0.05) is 25.3 Å². The number of aromatic nitrogens is 1. The molecule has 104 valence electrons. The van der Waals surface area contributed by atoms with E-state index in [4.69, 9.17) is 5.73 Å². The Bertz CT molecular complexity index is 424. The third-order valence-corrected chi connectivity index (χ3v) is 4.06. The Kier molecular flexibility index (Phi) is 4.37. The predicted molar refractivity (Wildman–Crippen MR) is 76.2 cm³/mol. The van der Waals surface area contributed by atoms with E-state index in [0.717, 1.165) is 24.8 Å². The van der Waals surface area contributed by atoms with Gasteiger partial charge in [-0.3, -0.25) is 4.79 Å². The lowest BCUT2D eigenvalue weighted by atomic mass is 9.90. The van der Waals surface area contributed by atoms with Gasteiger partial charge in [0.05, 0.1) is 5.56 Å². The van der Waals surface area contributed by atoms with E-state index in [9.17, 15) is 4.79 Å². The topological polar surface area (TPSA) is 71.2 Å². The monoisotopic (exact) mass is 262 g/mol. The van der Waals surface area contributed by atoms with Crippen molar-refractivity contribution in [3.8, 4) is 0 Å². The van der Waals surface area contributed by atoms with E-state index in [-0.39, 0.29) is 0 Å².